The van der Waals surface area contributed by atoms with Crippen LogP contribution in [0.15, 0.2) is 12.1 Å². The van der Waals surface area contributed by atoms with Crippen LogP contribution in [-0.4, -0.2) is 17.0 Å². The Morgan fingerprint density at radius 3 is 2.42 bits per heavy atom. The molecular formula is C15H19NO3. The lowest BCUT2D eigenvalue weighted by Gasteiger charge is -2.15. The van der Waals surface area contributed by atoms with Crippen LogP contribution in [0.25, 0.3) is 0 Å². The summed E-state index contributed by atoms with van der Waals surface area (Å²) in [6, 6.07) is 3.48. The Hall–Kier alpha value is -1.84. The monoisotopic (exact) mass is 261 g/mol. The molecule has 0 atom stereocenters. The van der Waals surface area contributed by atoms with Crippen LogP contribution in [0.2, 0.25) is 0 Å². The van der Waals surface area contributed by atoms with Crippen LogP contribution in [0.5, 0.6) is 0 Å². The molecule has 0 heterocycles. The van der Waals surface area contributed by atoms with Crippen molar-refractivity contribution in [2.45, 2.75) is 39.5 Å². The Bertz CT molecular complexity index is 516. The minimum Gasteiger partial charge on any atom is -0.478 e. The molecule has 1 aromatic rings. The first kappa shape index (κ1) is 13.6. The van der Waals surface area contributed by atoms with Crippen LogP contribution in [-0.2, 0) is 4.79 Å². The molecule has 1 amide bonds. The van der Waals surface area contributed by atoms with Gasteiger partial charge in [0.2, 0.25) is 5.91 Å². The van der Waals surface area contributed by atoms with Gasteiger partial charge in [0.1, 0.15) is 0 Å². The van der Waals surface area contributed by atoms with Gasteiger partial charge in [-0.05, 0) is 43.9 Å². The van der Waals surface area contributed by atoms with Gasteiger partial charge in [0.25, 0.3) is 0 Å². The second-order valence-corrected chi connectivity index (χ2v) is 5.28. The minimum atomic E-state index is -1.01. The molecule has 2 N–H and O–H groups in total. The first-order chi connectivity index (χ1) is 8.99. The van der Waals surface area contributed by atoms with Crippen molar-refractivity contribution in [3.05, 3.63) is 28.8 Å². The molecule has 0 spiro atoms. The highest BCUT2D eigenvalue weighted by Gasteiger charge is 2.24. The van der Waals surface area contributed by atoms with Crippen LogP contribution >= 0.6 is 0 Å². The van der Waals surface area contributed by atoms with Gasteiger partial charge < -0.3 is 10.4 Å². The summed E-state index contributed by atoms with van der Waals surface area (Å²) in [5.41, 5.74) is 2.29. The molecule has 1 fully saturated rings. The molecule has 4 nitrogen and oxygen atoms in total. The van der Waals surface area contributed by atoms with Crippen molar-refractivity contribution in [2.24, 2.45) is 5.92 Å². The SMILES string of the molecule is Cc1cc(C)c(NC(=O)C2CCCC2)c(C(=O)O)c1. The van der Waals surface area contributed by atoms with Crippen molar-refractivity contribution in [3.8, 4) is 0 Å². The number of hydrogen-bond acceptors (Lipinski definition) is 2. The number of carbonyl (C=O) groups is 2. The number of anilines is 1. The number of nitrogens with one attached hydrogen (secondary N) is 1. The van der Waals surface area contributed by atoms with E-state index in [-0.39, 0.29) is 17.4 Å². The van der Waals surface area contributed by atoms with E-state index < -0.39 is 5.97 Å². The number of benzene rings is 1. The quantitative estimate of drug-likeness (QED) is 0.878. The van der Waals surface area contributed by atoms with Gasteiger partial charge in [0.15, 0.2) is 0 Å². The van der Waals surface area contributed by atoms with Crippen LogP contribution in [0.1, 0.15) is 47.2 Å². The summed E-state index contributed by atoms with van der Waals surface area (Å²) in [5.74, 6) is -1.03. The number of rotatable bonds is 3. The fourth-order valence-corrected chi connectivity index (χ4v) is 2.72. The van der Waals surface area contributed by atoms with Crippen LogP contribution in [0.3, 0.4) is 0 Å². The van der Waals surface area contributed by atoms with Gasteiger partial charge in [-0.3, -0.25) is 4.79 Å². The van der Waals surface area contributed by atoms with Crippen molar-refractivity contribution in [2.75, 3.05) is 5.32 Å². The first-order valence-electron chi connectivity index (χ1n) is 6.64. The highest BCUT2D eigenvalue weighted by atomic mass is 16.4. The molecule has 1 aliphatic carbocycles. The average molecular weight is 261 g/mol. The normalized spacial score (nSPS) is 15.5. The first-order valence-corrected chi connectivity index (χ1v) is 6.64. The number of aryl methyl sites for hydroxylation is 2. The summed E-state index contributed by atoms with van der Waals surface area (Å²) in [6.07, 6.45) is 3.96. The number of carboxylic acids is 1. The van der Waals surface area contributed by atoms with Crippen LogP contribution in [0.4, 0.5) is 5.69 Å². The molecule has 1 aromatic carbocycles. The molecule has 4 heteroatoms. The van der Waals surface area contributed by atoms with Crippen molar-refractivity contribution < 1.29 is 14.7 Å². The molecule has 0 saturated heterocycles. The number of carboxylic acid groups (broad SMARTS) is 1. The summed E-state index contributed by atoms with van der Waals surface area (Å²) in [6.45, 7) is 3.67. The van der Waals surface area contributed by atoms with Gasteiger partial charge in [-0.2, -0.15) is 0 Å². The number of aromatic carboxylic acids is 1. The van der Waals surface area contributed by atoms with Crippen LogP contribution < -0.4 is 5.32 Å². The van der Waals surface area contributed by atoms with Crippen molar-refractivity contribution in [1.29, 1.82) is 0 Å². The van der Waals surface area contributed by atoms with Crippen molar-refractivity contribution in [3.63, 3.8) is 0 Å². The molecule has 2 rings (SSSR count). The van der Waals surface area contributed by atoms with Crippen molar-refractivity contribution in [1.82, 2.24) is 0 Å². The van der Waals surface area contributed by atoms with Crippen molar-refractivity contribution >= 4 is 17.6 Å². The lowest BCUT2D eigenvalue weighted by Crippen LogP contribution is -2.22. The zero-order chi connectivity index (χ0) is 14.0. The van der Waals surface area contributed by atoms with Gasteiger partial charge in [-0.15, -0.1) is 0 Å². The molecule has 0 aromatic heterocycles. The molecule has 0 unspecified atom stereocenters. The Labute approximate surface area is 112 Å². The Kier molecular flexibility index (Phi) is 3.88. The maximum atomic E-state index is 12.1. The second-order valence-electron chi connectivity index (χ2n) is 5.28. The lowest BCUT2D eigenvalue weighted by molar-refractivity contribution is -0.119. The summed E-state index contributed by atoms with van der Waals surface area (Å²) in [5, 5.41) is 12.1. The third-order valence-corrected chi connectivity index (χ3v) is 3.68. The van der Waals surface area contributed by atoms with E-state index >= 15 is 0 Å². The van der Waals surface area contributed by atoms with Crippen LogP contribution in [0, 0.1) is 19.8 Å². The summed E-state index contributed by atoms with van der Waals surface area (Å²) in [4.78, 5) is 23.4. The van der Waals surface area contributed by atoms with Gasteiger partial charge >= 0.3 is 5.97 Å². The molecule has 19 heavy (non-hydrogen) atoms. The number of hydrogen-bond donors (Lipinski definition) is 2. The zero-order valence-electron chi connectivity index (χ0n) is 11.3. The highest BCUT2D eigenvalue weighted by Crippen LogP contribution is 2.28. The lowest BCUT2D eigenvalue weighted by atomic mass is 10.0. The summed E-state index contributed by atoms with van der Waals surface area (Å²) in [7, 11) is 0. The topological polar surface area (TPSA) is 66.4 Å². The predicted octanol–water partition coefficient (Wildman–Crippen LogP) is 3.13. The zero-order valence-corrected chi connectivity index (χ0v) is 11.3. The predicted molar refractivity (Wildman–Crippen MR) is 73.5 cm³/mol. The summed E-state index contributed by atoms with van der Waals surface area (Å²) < 4.78 is 0. The van der Waals surface area contributed by atoms with E-state index in [0.29, 0.717) is 5.69 Å². The molecule has 0 aliphatic heterocycles. The van der Waals surface area contributed by atoms with E-state index in [1.165, 1.54) is 0 Å². The summed E-state index contributed by atoms with van der Waals surface area (Å²) >= 11 is 0. The number of amides is 1. The Morgan fingerprint density at radius 1 is 1.21 bits per heavy atom. The Balaban J connectivity index is 2.28. The van der Waals surface area contributed by atoms with Gasteiger partial charge in [0, 0.05) is 5.92 Å². The molecule has 1 saturated carbocycles. The highest BCUT2D eigenvalue weighted by molar-refractivity contribution is 6.02. The molecule has 0 bridgehead atoms. The Morgan fingerprint density at radius 2 is 1.84 bits per heavy atom. The smallest absolute Gasteiger partial charge is 0.337 e. The van der Waals surface area contributed by atoms with E-state index in [1.807, 2.05) is 19.9 Å². The molecular weight excluding hydrogens is 242 g/mol. The maximum Gasteiger partial charge on any atom is 0.337 e. The molecule has 0 radical (unpaired) electrons. The molecule has 102 valence electrons. The maximum absolute atomic E-state index is 12.1. The van der Waals surface area contributed by atoms with E-state index in [4.69, 9.17) is 0 Å². The van der Waals surface area contributed by atoms with Gasteiger partial charge in [0.05, 0.1) is 11.3 Å². The fraction of sp³-hybridized carbons (Fsp3) is 0.467. The third kappa shape index (κ3) is 2.95. The van der Waals surface area contributed by atoms with E-state index in [1.54, 1.807) is 6.07 Å². The second kappa shape index (κ2) is 5.43. The van der Waals surface area contributed by atoms with Gasteiger partial charge in [-0.1, -0.05) is 18.9 Å². The fourth-order valence-electron chi connectivity index (χ4n) is 2.72. The number of carbonyl (C=O) groups excluding carboxylic acids is 1. The van der Waals surface area contributed by atoms with E-state index in [2.05, 4.69) is 5.32 Å². The standard InChI is InChI=1S/C15H19NO3/c1-9-7-10(2)13(12(8-9)15(18)19)16-14(17)11-5-3-4-6-11/h7-8,11H,3-6H2,1-2H3,(H,16,17)(H,18,19). The minimum absolute atomic E-state index is 0.0300. The van der Waals surface area contributed by atoms with Gasteiger partial charge in [-0.25, -0.2) is 4.79 Å². The molecule has 1 aliphatic rings. The third-order valence-electron chi connectivity index (χ3n) is 3.68. The van der Waals surface area contributed by atoms with E-state index in [0.717, 1.165) is 36.8 Å². The average Bonchev–Trinajstić information content (AvgIpc) is 2.85. The largest absolute Gasteiger partial charge is 0.478 e. The van der Waals surface area contributed by atoms with E-state index in [9.17, 15) is 14.7 Å².